The van der Waals surface area contributed by atoms with Crippen molar-refractivity contribution in [2.45, 2.75) is 59.4 Å². The number of amides is 1. The zero-order valence-electron chi connectivity index (χ0n) is 13.8. The van der Waals surface area contributed by atoms with Crippen LogP contribution in [0.15, 0.2) is 12.1 Å². The molecule has 0 spiro atoms. The lowest BCUT2D eigenvalue weighted by Gasteiger charge is -2.33. The Bertz CT molecular complexity index is 481. The van der Waals surface area contributed by atoms with Crippen LogP contribution in [0.25, 0.3) is 0 Å². The van der Waals surface area contributed by atoms with Crippen molar-refractivity contribution in [3.63, 3.8) is 0 Å². The molecule has 2 rings (SSSR count). The van der Waals surface area contributed by atoms with Crippen LogP contribution in [-0.2, 0) is 4.79 Å². The van der Waals surface area contributed by atoms with E-state index in [1.54, 1.807) is 0 Å². The summed E-state index contributed by atoms with van der Waals surface area (Å²) in [6, 6.07) is 4.26. The first-order chi connectivity index (χ1) is 10.0. The van der Waals surface area contributed by atoms with Crippen molar-refractivity contribution in [2.75, 3.05) is 18.4 Å². The molecule has 1 fully saturated rings. The predicted molar refractivity (Wildman–Crippen MR) is 88.8 cm³/mol. The Hall–Kier alpha value is -1.35. The lowest BCUT2D eigenvalue weighted by Crippen LogP contribution is -2.46. The molecule has 1 aliphatic heterocycles. The van der Waals surface area contributed by atoms with Gasteiger partial charge >= 0.3 is 0 Å². The first-order valence-electron chi connectivity index (χ1n) is 8.15. The van der Waals surface area contributed by atoms with Crippen LogP contribution in [0.2, 0.25) is 0 Å². The van der Waals surface area contributed by atoms with E-state index >= 15 is 0 Å². The minimum Gasteiger partial charge on any atom is -0.324 e. The van der Waals surface area contributed by atoms with E-state index < -0.39 is 0 Å². The monoisotopic (exact) mass is 288 g/mol. The number of hydrogen-bond donors (Lipinski definition) is 1. The Morgan fingerprint density at radius 2 is 1.71 bits per heavy atom. The molecule has 1 atom stereocenters. The molecular weight excluding hydrogens is 260 g/mol. The van der Waals surface area contributed by atoms with Crippen LogP contribution in [0, 0.1) is 20.8 Å². The van der Waals surface area contributed by atoms with Gasteiger partial charge in [0, 0.05) is 5.69 Å². The SMILES string of the molecule is CCC(C(=O)Nc1c(C)cc(C)cc1C)N1CCCCC1. The van der Waals surface area contributed by atoms with Crippen molar-refractivity contribution in [3.8, 4) is 0 Å². The minimum absolute atomic E-state index is 0.00500. The van der Waals surface area contributed by atoms with Crippen LogP contribution < -0.4 is 5.32 Å². The van der Waals surface area contributed by atoms with Crippen molar-refractivity contribution in [3.05, 3.63) is 28.8 Å². The van der Waals surface area contributed by atoms with Gasteiger partial charge in [-0.15, -0.1) is 0 Å². The molecular formula is C18H28N2O. The summed E-state index contributed by atoms with van der Waals surface area (Å²) < 4.78 is 0. The van der Waals surface area contributed by atoms with E-state index in [2.05, 4.69) is 50.0 Å². The zero-order chi connectivity index (χ0) is 15.4. The summed E-state index contributed by atoms with van der Waals surface area (Å²) >= 11 is 0. The van der Waals surface area contributed by atoms with Gasteiger partial charge in [-0.25, -0.2) is 0 Å². The quantitative estimate of drug-likeness (QED) is 0.913. The Labute approximate surface area is 128 Å². The van der Waals surface area contributed by atoms with Crippen molar-refractivity contribution >= 4 is 11.6 Å². The van der Waals surface area contributed by atoms with E-state index in [-0.39, 0.29) is 11.9 Å². The highest BCUT2D eigenvalue weighted by molar-refractivity contribution is 5.96. The van der Waals surface area contributed by atoms with Gasteiger partial charge in [-0.2, -0.15) is 0 Å². The molecule has 1 aliphatic rings. The smallest absolute Gasteiger partial charge is 0.241 e. The van der Waals surface area contributed by atoms with Crippen molar-refractivity contribution < 1.29 is 4.79 Å². The Kier molecular flexibility index (Phi) is 5.40. The molecule has 1 amide bonds. The normalized spacial score (nSPS) is 17.5. The molecule has 1 unspecified atom stereocenters. The third kappa shape index (κ3) is 3.85. The number of likely N-dealkylation sites (tertiary alicyclic amines) is 1. The molecule has 0 aromatic heterocycles. The Morgan fingerprint density at radius 3 is 2.24 bits per heavy atom. The second-order valence-corrected chi connectivity index (χ2v) is 6.28. The van der Waals surface area contributed by atoms with Gasteiger partial charge in [0.25, 0.3) is 0 Å². The molecule has 0 saturated carbocycles. The summed E-state index contributed by atoms with van der Waals surface area (Å²) in [6.07, 6.45) is 4.60. The third-order valence-electron chi connectivity index (χ3n) is 4.45. The number of benzene rings is 1. The van der Waals surface area contributed by atoms with Gasteiger partial charge in [0.15, 0.2) is 0 Å². The van der Waals surface area contributed by atoms with Crippen LogP contribution in [0.1, 0.15) is 49.3 Å². The fourth-order valence-electron chi connectivity index (χ4n) is 3.42. The fourth-order valence-corrected chi connectivity index (χ4v) is 3.42. The van der Waals surface area contributed by atoms with E-state index in [9.17, 15) is 4.79 Å². The summed E-state index contributed by atoms with van der Waals surface area (Å²) in [4.78, 5) is 15.0. The van der Waals surface area contributed by atoms with Gasteiger partial charge in [0.05, 0.1) is 6.04 Å². The maximum atomic E-state index is 12.7. The average Bonchev–Trinajstić information content (AvgIpc) is 2.45. The number of aryl methyl sites for hydroxylation is 3. The predicted octanol–water partition coefficient (Wildman–Crippen LogP) is 3.81. The molecule has 116 valence electrons. The van der Waals surface area contributed by atoms with E-state index in [4.69, 9.17) is 0 Å². The van der Waals surface area contributed by atoms with Crippen LogP contribution in [0.4, 0.5) is 5.69 Å². The van der Waals surface area contributed by atoms with Crippen LogP contribution >= 0.6 is 0 Å². The van der Waals surface area contributed by atoms with Crippen LogP contribution in [-0.4, -0.2) is 29.9 Å². The summed E-state index contributed by atoms with van der Waals surface area (Å²) in [6.45, 7) is 10.4. The van der Waals surface area contributed by atoms with E-state index in [1.165, 1.54) is 24.8 Å². The van der Waals surface area contributed by atoms with Gasteiger partial charge in [0.1, 0.15) is 0 Å². The van der Waals surface area contributed by atoms with E-state index in [1.807, 2.05) is 0 Å². The highest BCUT2D eigenvalue weighted by Gasteiger charge is 2.26. The van der Waals surface area contributed by atoms with Crippen LogP contribution in [0.3, 0.4) is 0 Å². The fraction of sp³-hybridized carbons (Fsp3) is 0.611. The summed E-state index contributed by atoms with van der Waals surface area (Å²) in [7, 11) is 0. The number of nitrogens with zero attached hydrogens (tertiary/aromatic N) is 1. The minimum atomic E-state index is 0.00500. The standard InChI is InChI=1S/C18H28N2O/c1-5-16(20-9-7-6-8-10-20)18(21)19-17-14(3)11-13(2)12-15(17)4/h11-12,16H,5-10H2,1-4H3,(H,19,21). The molecule has 0 bridgehead atoms. The lowest BCUT2D eigenvalue weighted by atomic mass is 10.0. The molecule has 1 heterocycles. The summed E-state index contributed by atoms with van der Waals surface area (Å²) in [5.74, 6) is 0.148. The number of carbonyl (C=O) groups excluding carboxylic acids is 1. The van der Waals surface area contributed by atoms with Gasteiger partial charge in [0.2, 0.25) is 5.91 Å². The average molecular weight is 288 g/mol. The van der Waals surface area contributed by atoms with Crippen molar-refractivity contribution in [1.29, 1.82) is 0 Å². The third-order valence-corrected chi connectivity index (χ3v) is 4.45. The highest BCUT2D eigenvalue weighted by Crippen LogP contribution is 2.23. The number of carbonyl (C=O) groups is 1. The first-order valence-corrected chi connectivity index (χ1v) is 8.15. The molecule has 1 saturated heterocycles. The molecule has 3 heteroatoms. The van der Waals surface area contributed by atoms with E-state index in [0.717, 1.165) is 36.3 Å². The molecule has 1 aromatic carbocycles. The molecule has 1 aromatic rings. The summed E-state index contributed by atoms with van der Waals surface area (Å²) in [5, 5.41) is 3.17. The van der Waals surface area contributed by atoms with Gasteiger partial charge in [-0.3, -0.25) is 9.69 Å². The summed E-state index contributed by atoms with van der Waals surface area (Å²) in [5.41, 5.74) is 4.52. The first kappa shape index (κ1) is 16.0. The molecule has 1 N–H and O–H groups in total. The lowest BCUT2D eigenvalue weighted by molar-refractivity contribution is -0.121. The molecule has 0 radical (unpaired) electrons. The zero-order valence-corrected chi connectivity index (χ0v) is 13.8. The second kappa shape index (κ2) is 7.08. The number of nitrogens with one attached hydrogen (secondary N) is 1. The second-order valence-electron chi connectivity index (χ2n) is 6.28. The van der Waals surface area contributed by atoms with Crippen molar-refractivity contribution in [2.24, 2.45) is 0 Å². The van der Waals surface area contributed by atoms with Crippen molar-refractivity contribution in [1.82, 2.24) is 4.90 Å². The topological polar surface area (TPSA) is 32.3 Å². The Balaban J connectivity index is 2.12. The van der Waals surface area contributed by atoms with E-state index in [0.29, 0.717) is 0 Å². The number of rotatable bonds is 4. The highest BCUT2D eigenvalue weighted by atomic mass is 16.2. The number of piperidine rings is 1. The maximum absolute atomic E-state index is 12.7. The Morgan fingerprint density at radius 1 is 1.14 bits per heavy atom. The number of anilines is 1. The van der Waals surface area contributed by atoms with Gasteiger partial charge < -0.3 is 5.32 Å². The van der Waals surface area contributed by atoms with Gasteiger partial charge in [-0.05, 0) is 64.3 Å². The van der Waals surface area contributed by atoms with Gasteiger partial charge in [-0.1, -0.05) is 31.0 Å². The van der Waals surface area contributed by atoms with Crippen LogP contribution in [0.5, 0.6) is 0 Å². The number of hydrogen-bond acceptors (Lipinski definition) is 2. The largest absolute Gasteiger partial charge is 0.324 e. The maximum Gasteiger partial charge on any atom is 0.241 e. The molecule has 0 aliphatic carbocycles. The molecule has 3 nitrogen and oxygen atoms in total. The molecule has 21 heavy (non-hydrogen) atoms.